The Labute approximate surface area is 110 Å². The number of carbonyl (C=O) groups excluding carboxylic acids is 1. The van der Waals surface area contributed by atoms with E-state index in [9.17, 15) is 14.7 Å². The molecule has 1 saturated carbocycles. The van der Waals surface area contributed by atoms with Crippen molar-refractivity contribution in [2.45, 2.75) is 19.3 Å². The second-order valence-corrected chi connectivity index (χ2v) is 4.93. The van der Waals surface area contributed by atoms with Crippen LogP contribution in [-0.2, 0) is 4.79 Å². The van der Waals surface area contributed by atoms with Crippen molar-refractivity contribution in [1.29, 1.82) is 0 Å². The van der Waals surface area contributed by atoms with E-state index in [-0.39, 0.29) is 5.78 Å². The number of benzene rings is 1. The van der Waals surface area contributed by atoms with Crippen LogP contribution >= 0.6 is 0 Å². The van der Waals surface area contributed by atoms with Crippen molar-refractivity contribution in [2.24, 2.45) is 5.41 Å². The fourth-order valence-corrected chi connectivity index (χ4v) is 2.53. The van der Waals surface area contributed by atoms with Gasteiger partial charge in [0.15, 0.2) is 17.3 Å². The zero-order valence-corrected chi connectivity index (χ0v) is 10.3. The zero-order valence-electron chi connectivity index (χ0n) is 10.3. The summed E-state index contributed by atoms with van der Waals surface area (Å²) in [6, 6.07) is 4.86. The average molecular weight is 262 g/mol. The molecule has 1 aliphatic carbocycles. The van der Waals surface area contributed by atoms with Crippen molar-refractivity contribution in [3.05, 3.63) is 23.8 Å². The van der Waals surface area contributed by atoms with Crippen LogP contribution in [0.5, 0.6) is 11.5 Å². The van der Waals surface area contributed by atoms with Gasteiger partial charge in [0.05, 0.1) is 0 Å². The number of hydrogen-bond donors (Lipinski definition) is 1. The predicted molar refractivity (Wildman–Crippen MR) is 65.7 cm³/mol. The van der Waals surface area contributed by atoms with Crippen LogP contribution in [0.1, 0.15) is 29.6 Å². The second-order valence-electron chi connectivity index (χ2n) is 4.93. The molecule has 5 heteroatoms. The van der Waals surface area contributed by atoms with Gasteiger partial charge >= 0.3 is 5.97 Å². The lowest BCUT2D eigenvalue weighted by molar-refractivity contribution is -0.150. The van der Waals surface area contributed by atoms with E-state index in [4.69, 9.17) is 9.47 Å². The maximum absolute atomic E-state index is 12.4. The van der Waals surface area contributed by atoms with Crippen LogP contribution in [0.3, 0.4) is 0 Å². The first-order valence-corrected chi connectivity index (χ1v) is 6.31. The van der Waals surface area contributed by atoms with E-state index in [1.807, 2.05) is 0 Å². The summed E-state index contributed by atoms with van der Waals surface area (Å²) in [5, 5.41) is 9.28. The highest BCUT2D eigenvalue weighted by atomic mass is 16.6. The molecular weight excluding hydrogens is 248 g/mol. The van der Waals surface area contributed by atoms with Crippen LogP contribution in [-0.4, -0.2) is 30.1 Å². The monoisotopic (exact) mass is 262 g/mol. The number of aliphatic carboxylic acids is 1. The van der Waals surface area contributed by atoms with Gasteiger partial charge in [-0.25, -0.2) is 0 Å². The van der Waals surface area contributed by atoms with E-state index in [1.165, 1.54) is 0 Å². The van der Waals surface area contributed by atoms with Gasteiger partial charge in [0.25, 0.3) is 0 Å². The van der Waals surface area contributed by atoms with Gasteiger partial charge in [0.2, 0.25) is 0 Å². The zero-order chi connectivity index (χ0) is 13.5. The quantitative estimate of drug-likeness (QED) is 0.665. The Bertz CT molecular complexity index is 545. The molecule has 5 nitrogen and oxygen atoms in total. The lowest BCUT2D eigenvalue weighted by Crippen LogP contribution is -2.45. The number of hydrogen-bond acceptors (Lipinski definition) is 4. The normalized spacial score (nSPS) is 19.4. The van der Waals surface area contributed by atoms with Gasteiger partial charge < -0.3 is 14.6 Å². The molecule has 1 aliphatic heterocycles. The summed E-state index contributed by atoms with van der Waals surface area (Å²) in [7, 11) is 0. The van der Waals surface area contributed by atoms with E-state index in [1.54, 1.807) is 18.2 Å². The first kappa shape index (κ1) is 12.0. The van der Waals surface area contributed by atoms with E-state index in [0.29, 0.717) is 43.1 Å². The standard InChI is InChI=1S/C14H14O5/c15-12(14(13(16)17)4-1-5-14)9-2-3-10-11(8-9)19-7-6-18-10/h2-3,8H,1,4-7H2,(H,16,17). The number of rotatable bonds is 3. The Hall–Kier alpha value is -2.04. The fraction of sp³-hybridized carbons (Fsp3) is 0.429. The minimum Gasteiger partial charge on any atom is -0.486 e. The summed E-state index contributed by atoms with van der Waals surface area (Å²) in [5.74, 6) is -0.250. The predicted octanol–water partition coefficient (Wildman–Crippen LogP) is 1.90. The van der Waals surface area contributed by atoms with Crippen molar-refractivity contribution in [2.75, 3.05) is 13.2 Å². The van der Waals surface area contributed by atoms with Crippen LogP contribution in [0.15, 0.2) is 18.2 Å². The van der Waals surface area contributed by atoms with Crippen LogP contribution in [0.2, 0.25) is 0 Å². The number of carboxylic acid groups (broad SMARTS) is 1. The second kappa shape index (κ2) is 4.26. The SMILES string of the molecule is O=C(O)C1(C(=O)c2ccc3c(c2)OCCO3)CCC1. The maximum atomic E-state index is 12.4. The minimum atomic E-state index is -1.23. The molecule has 3 rings (SSSR count). The molecule has 0 amide bonds. The summed E-state index contributed by atoms with van der Waals surface area (Å²) < 4.78 is 10.8. The molecule has 0 unspecified atom stereocenters. The molecule has 0 aromatic heterocycles. The molecule has 0 atom stereocenters. The molecule has 0 spiro atoms. The minimum absolute atomic E-state index is 0.330. The van der Waals surface area contributed by atoms with Crippen LogP contribution in [0.4, 0.5) is 0 Å². The van der Waals surface area contributed by atoms with Crippen LogP contribution < -0.4 is 9.47 Å². The summed E-state index contributed by atoms with van der Waals surface area (Å²) in [4.78, 5) is 23.7. The summed E-state index contributed by atoms with van der Waals surface area (Å²) in [6.45, 7) is 0.925. The van der Waals surface area contributed by atoms with Gasteiger partial charge in [-0.1, -0.05) is 6.42 Å². The molecule has 1 aromatic carbocycles. The number of Topliss-reactive ketones (excluding diaryl/α,β-unsaturated/α-hetero) is 1. The highest BCUT2D eigenvalue weighted by molar-refractivity contribution is 6.13. The smallest absolute Gasteiger partial charge is 0.317 e. The first-order valence-electron chi connectivity index (χ1n) is 6.31. The molecule has 2 aliphatic rings. The number of ketones is 1. The summed E-state index contributed by atoms with van der Waals surface area (Å²) >= 11 is 0. The fourth-order valence-electron chi connectivity index (χ4n) is 2.53. The Kier molecular flexibility index (Phi) is 2.69. The van der Waals surface area contributed by atoms with Crippen molar-refractivity contribution >= 4 is 11.8 Å². The van der Waals surface area contributed by atoms with Gasteiger partial charge in [-0.3, -0.25) is 9.59 Å². The molecule has 19 heavy (non-hydrogen) atoms. The number of carbonyl (C=O) groups is 2. The third-order valence-corrected chi connectivity index (χ3v) is 3.86. The largest absolute Gasteiger partial charge is 0.486 e. The van der Waals surface area contributed by atoms with E-state index in [0.717, 1.165) is 6.42 Å². The van der Waals surface area contributed by atoms with E-state index < -0.39 is 11.4 Å². The highest BCUT2D eigenvalue weighted by Crippen LogP contribution is 2.44. The molecule has 1 heterocycles. The summed E-state index contributed by atoms with van der Waals surface area (Å²) in [6.07, 6.45) is 1.60. The molecule has 0 radical (unpaired) electrons. The number of fused-ring (bicyclic) bond motifs is 1. The molecular formula is C14H14O5. The number of ether oxygens (including phenoxy) is 2. The molecule has 0 bridgehead atoms. The number of carboxylic acids is 1. The molecule has 1 N–H and O–H groups in total. The van der Waals surface area contributed by atoms with Crippen LogP contribution in [0.25, 0.3) is 0 Å². The Morgan fingerprint density at radius 1 is 1.11 bits per heavy atom. The van der Waals surface area contributed by atoms with Crippen LogP contribution in [0, 0.1) is 5.41 Å². The van der Waals surface area contributed by atoms with Gasteiger partial charge in [-0.15, -0.1) is 0 Å². The van der Waals surface area contributed by atoms with Gasteiger partial charge in [-0.05, 0) is 31.0 Å². The van der Waals surface area contributed by atoms with Crippen molar-refractivity contribution < 1.29 is 24.2 Å². The third kappa shape index (κ3) is 1.77. The Balaban J connectivity index is 1.94. The lowest BCUT2D eigenvalue weighted by atomic mass is 9.64. The molecule has 1 fully saturated rings. The van der Waals surface area contributed by atoms with Gasteiger partial charge in [0, 0.05) is 5.56 Å². The van der Waals surface area contributed by atoms with Gasteiger partial charge in [0.1, 0.15) is 18.6 Å². The average Bonchev–Trinajstić information content (AvgIpc) is 2.36. The van der Waals surface area contributed by atoms with E-state index in [2.05, 4.69) is 0 Å². The third-order valence-electron chi connectivity index (χ3n) is 3.86. The van der Waals surface area contributed by atoms with Crippen molar-refractivity contribution in [3.63, 3.8) is 0 Å². The molecule has 0 saturated heterocycles. The van der Waals surface area contributed by atoms with Gasteiger partial charge in [-0.2, -0.15) is 0 Å². The Morgan fingerprint density at radius 2 is 1.79 bits per heavy atom. The first-order chi connectivity index (χ1) is 9.13. The highest BCUT2D eigenvalue weighted by Gasteiger charge is 2.51. The van der Waals surface area contributed by atoms with E-state index >= 15 is 0 Å². The topological polar surface area (TPSA) is 72.8 Å². The maximum Gasteiger partial charge on any atom is 0.317 e. The molecule has 100 valence electrons. The lowest BCUT2D eigenvalue weighted by Gasteiger charge is -2.36. The van der Waals surface area contributed by atoms with Crippen molar-refractivity contribution in [3.8, 4) is 11.5 Å². The van der Waals surface area contributed by atoms with Crippen molar-refractivity contribution in [1.82, 2.24) is 0 Å². The molecule has 1 aromatic rings. The summed E-state index contributed by atoms with van der Waals surface area (Å²) in [5.41, 5.74) is -0.852. The Morgan fingerprint density at radius 3 is 2.37 bits per heavy atom.